The van der Waals surface area contributed by atoms with Crippen LogP contribution in [0.1, 0.15) is 12.5 Å². The lowest BCUT2D eigenvalue weighted by atomic mass is 10.1. The monoisotopic (exact) mass is 285 g/mol. The molecule has 0 atom stereocenters. The van der Waals surface area contributed by atoms with Gasteiger partial charge >= 0.3 is 6.36 Å². The molecule has 2 rings (SSSR count). The maximum absolute atomic E-state index is 12.1. The predicted octanol–water partition coefficient (Wildman–Crippen LogP) is 3.08. The zero-order valence-corrected chi connectivity index (χ0v) is 10.8. The summed E-state index contributed by atoms with van der Waals surface area (Å²) in [6.07, 6.45) is -2.98. The van der Waals surface area contributed by atoms with Gasteiger partial charge in [-0.15, -0.1) is 13.2 Å². The van der Waals surface area contributed by atoms with Gasteiger partial charge in [0.1, 0.15) is 5.75 Å². The zero-order valence-electron chi connectivity index (χ0n) is 10.8. The van der Waals surface area contributed by atoms with E-state index in [1.165, 1.54) is 12.1 Å². The number of aromatic amines is 1. The van der Waals surface area contributed by atoms with E-state index in [0.717, 1.165) is 23.4 Å². The largest absolute Gasteiger partial charge is 0.573 e. The highest BCUT2D eigenvalue weighted by Gasteiger charge is 2.30. The van der Waals surface area contributed by atoms with Gasteiger partial charge in [-0.3, -0.25) is 5.10 Å². The topological polar surface area (TPSA) is 49.9 Å². The van der Waals surface area contributed by atoms with Gasteiger partial charge in [0, 0.05) is 17.7 Å². The van der Waals surface area contributed by atoms with Gasteiger partial charge in [-0.2, -0.15) is 5.10 Å². The second-order valence-corrected chi connectivity index (χ2v) is 4.12. The molecule has 1 heterocycles. The molecule has 108 valence electrons. The standard InChI is InChI=1S/C13H14F3N3O/c1-2-17-7-10-8-18-19-12(10)9-3-5-11(6-4-9)20-13(14,15)16/h3-6,8,17H,2,7H2,1H3,(H,18,19). The molecular formula is C13H14F3N3O. The fourth-order valence-electron chi connectivity index (χ4n) is 1.78. The fourth-order valence-corrected chi connectivity index (χ4v) is 1.78. The van der Waals surface area contributed by atoms with Crippen molar-refractivity contribution >= 4 is 0 Å². The third-order valence-electron chi connectivity index (χ3n) is 2.66. The summed E-state index contributed by atoms with van der Waals surface area (Å²) in [6, 6.07) is 5.68. The van der Waals surface area contributed by atoms with Crippen LogP contribution >= 0.6 is 0 Å². The number of ether oxygens (including phenoxy) is 1. The highest BCUT2D eigenvalue weighted by atomic mass is 19.4. The van der Waals surface area contributed by atoms with Crippen molar-refractivity contribution < 1.29 is 17.9 Å². The van der Waals surface area contributed by atoms with Gasteiger partial charge in [0.2, 0.25) is 0 Å². The Morgan fingerprint density at radius 1 is 1.25 bits per heavy atom. The summed E-state index contributed by atoms with van der Waals surface area (Å²) in [5.41, 5.74) is 2.49. The average Bonchev–Trinajstić information content (AvgIpc) is 2.83. The van der Waals surface area contributed by atoms with Gasteiger partial charge in [-0.25, -0.2) is 0 Å². The minimum atomic E-state index is -4.67. The van der Waals surface area contributed by atoms with Gasteiger partial charge in [0.25, 0.3) is 0 Å². The van der Waals surface area contributed by atoms with Crippen LogP contribution in [-0.4, -0.2) is 23.1 Å². The summed E-state index contributed by atoms with van der Waals surface area (Å²) < 4.78 is 40.0. The summed E-state index contributed by atoms with van der Waals surface area (Å²) >= 11 is 0. The normalized spacial score (nSPS) is 11.6. The number of alkyl halides is 3. The van der Waals surface area contributed by atoms with Crippen LogP contribution in [0.15, 0.2) is 30.5 Å². The average molecular weight is 285 g/mol. The molecule has 0 saturated carbocycles. The molecule has 0 unspecified atom stereocenters. The van der Waals surface area contributed by atoms with Crippen LogP contribution in [0.2, 0.25) is 0 Å². The van der Waals surface area contributed by atoms with Gasteiger partial charge in [0.05, 0.1) is 11.9 Å². The Bertz CT molecular complexity index is 549. The Labute approximate surface area is 114 Å². The Morgan fingerprint density at radius 2 is 1.95 bits per heavy atom. The highest BCUT2D eigenvalue weighted by Crippen LogP contribution is 2.27. The Kier molecular flexibility index (Phi) is 4.29. The van der Waals surface area contributed by atoms with Crippen LogP contribution in [0.4, 0.5) is 13.2 Å². The quantitative estimate of drug-likeness (QED) is 0.887. The zero-order chi connectivity index (χ0) is 14.6. The second kappa shape index (κ2) is 5.96. The molecule has 0 aliphatic heterocycles. The predicted molar refractivity (Wildman–Crippen MR) is 68.1 cm³/mol. The molecule has 20 heavy (non-hydrogen) atoms. The van der Waals surface area contributed by atoms with Crippen LogP contribution in [0.3, 0.4) is 0 Å². The van der Waals surface area contributed by atoms with Crippen molar-refractivity contribution in [1.29, 1.82) is 0 Å². The molecule has 1 aromatic heterocycles. The molecule has 0 saturated heterocycles. The minimum Gasteiger partial charge on any atom is -0.406 e. The van der Waals surface area contributed by atoms with Crippen LogP contribution in [0.25, 0.3) is 11.3 Å². The van der Waals surface area contributed by atoms with E-state index in [-0.39, 0.29) is 5.75 Å². The first-order chi connectivity index (χ1) is 9.49. The summed E-state index contributed by atoms with van der Waals surface area (Å²) in [6.45, 7) is 3.45. The summed E-state index contributed by atoms with van der Waals surface area (Å²) in [7, 11) is 0. The van der Waals surface area contributed by atoms with Gasteiger partial charge < -0.3 is 10.1 Å². The smallest absolute Gasteiger partial charge is 0.406 e. The summed E-state index contributed by atoms with van der Waals surface area (Å²) in [5, 5.41) is 9.97. The summed E-state index contributed by atoms with van der Waals surface area (Å²) in [5.74, 6) is -0.242. The molecule has 4 nitrogen and oxygen atoms in total. The molecule has 0 bridgehead atoms. The first-order valence-corrected chi connectivity index (χ1v) is 6.08. The van der Waals surface area contributed by atoms with Crippen LogP contribution in [-0.2, 0) is 6.54 Å². The van der Waals surface area contributed by atoms with Crippen molar-refractivity contribution in [2.24, 2.45) is 0 Å². The number of halogens is 3. The van der Waals surface area contributed by atoms with Gasteiger partial charge in [0.15, 0.2) is 0 Å². The van der Waals surface area contributed by atoms with E-state index in [9.17, 15) is 13.2 Å². The molecule has 7 heteroatoms. The van der Waals surface area contributed by atoms with E-state index in [1.807, 2.05) is 6.92 Å². The van der Waals surface area contributed by atoms with Gasteiger partial charge in [-0.1, -0.05) is 6.92 Å². The Hall–Kier alpha value is -2.02. The molecule has 1 aromatic carbocycles. The lowest BCUT2D eigenvalue weighted by Crippen LogP contribution is -2.16. The van der Waals surface area contributed by atoms with Crippen LogP contribution in [0.5, 0.6) is 5.75 Å². The molecular weight excluding hydrogens is 271 g/mol. The second-order valence-electron chi connectivity index (χ2n) is 4.12. The molecule has 0 spiro atoms. The maximum atomic E-state index is 12.1. The van der Waals surface area contributed by atoms with E-state index in [1.54, 1.807) is 18.3 Å². The fraction of sp³-hybridized carbons (Fsp3) is 0.308. The number of H-pyrrole nitrogens is 1. The number of hydrogen-bond acceptors (Lipinski definition) is 3. The molecule has 2 aromatic rings. The first-order valence-electron chi connectivity index (χ1n) is 6.08. The van der Waals surface area contributed by atoms with Crippen molar-refractivity contribution in [3.8, 4) is 17.0 Å². The van der Waals surface area contributed by atoms with Crippen molar-refractivity contribution in [2.75, 3.05) is 6.54 Å². The van der Waals surface area contributed by atoms with Crippen molar-refractivity contribution in [1.82, 2.24) is 15.5 Å². The molecule has 2 N–H and O–H groups in total. The van der Waals surface area contributed by atoms with E-state index in [0.29, 0.717) is 6.54 Å². The number of hydrogen-bond donors (Lipinski definition) is 2. The number of nitrogens with one attached hydrogen (secondary N) is 2. The van der Waals surface area contributed by atoms with E-state index in [2.05, 4.69) is 20.3 Å². The lowest BCUT2D eigenvalue weighted by Gasteiger charge is -2.09. The number of rotatable bonds is 5. The molecule has 0 aliphatic carbocycles. The molecule has 0 amide bonds. The van der Waals surface area contributed by atoms with E-state index < -0.39 is 6.36 Å². The van der Waals surface area contributed by atoms with Crippen molar-refractivity contribution in [3.63, 3.8) is 0 Å². The summed E-state index contributed by atoms with van der Waals surface area (Å²) in [4.78, 5) is 0. The Balaban J connectivity index is 2.16. The SMILES string of the molecule is CCNCc1cn[nH]c1-c1ccc(OC(F)(F)F)cc1. The molecule has 0 aliphatic rings. The van der Waals surface area contributed by atoms with Crippen LogP contribution < -0.4 is 10.1 Å². The Morgan fingerprint density at radius 3 is 2.55 bits per heavy atom. The third-order valence-corrected chi connectivity index (χ3v) is 2.66. The van der Waals surface area contributed by atoms with E-state index in [4.69, 9.17) is 0 Å². The van der Waals surface area contributed by atoms with Gasteiger partial charge in [-0.05, 0) is 30.8 Å². The third kappa shape index (κ3) is 3.74. The van der Waals surface area contributed by atoms with Crippen molar-refractivity contribution in [3.05, 3.63) is 36.0 Å². The number of benzene rings is 1. The lowest BCUT2D eigenvalue weighted by molar-refractivity contribution is -0.274. The first kappa shape index (κ1) is 14.4. The number of nitrogens with zero attached hydrogens (tertiary/aromatic N) is 1. The van der Waals surface area contributed by atoms with Crippen LogP contribution in [0, 0.1) is 0 Å². The minimum absolute atomic E-state index is 0.242. The van der Waals surface area contributed by atoms with Crippen molar-refractivity contribution in [2.45, 2.75) is 19.8 Å². The highest BCUT2D eigenvalue weighted by molar-refractivity contribution is 5.63. The molecule has 0 fully saturated rings. The number of aromatic nitrogens is 2. The van der Waals surface area contributed by atoms with E-state index >= 15 is 0 Å². The molecule has 0 radical (unpaired) electrons. The maximum Gasteiger partial charge on any atom is 0.573 e.